The number of carbonyl (C=O) groups is 1. The molecule has 0 aliphatic carbocycles. The molecule has 2 aromatic carbocycles. The van der Waals surface area contributed by atoms with Crippen molar-refractivity contribution in [3.8, 4) is 11.1 Å². The lowest BCUT2D eigenvalue weighted by Gasteiger charge is -2.05. The molecule has 2 rings (SSSR count). The van der Waals surface area contributed by atoms with Crippen LogP contribution in [0.1, 0.15) is 6.92 Å². The molecule has 0 atom stereocenters. The van der Waals surface area contributed by atoms with Crippen LogP contribution < -0.4 is 5.32 Å². The van der Waals surface area contributed by atoms with Crippen LogP contribution in [0.3, 0.4) is 0 Å². The highest BCUT2D eigenvalue weighted by Crippen LogP contribution is 2.23. The molecule has 0 heterocycles. The van der Waals surface area contributed by atoms with E-state index in [4.69, 9.17) is 0 Å². The Kier molecular flexibility index (Phi) is 3.37. The van der Waals surface area contributed by atoms with Gasteiger partial charge in [-0.2, -0.15) is 0 Å². The van der Waals surface area contributed by atoms with E-state index >= 15 is 0 Å². The highest BCUT2D eigenvalue weighted by molar-refractivity contribution is 5.88. The number of carbonyl (C=O) groups excluding carboxylic acids is 1. The summed E-state index contributed by atoms with van der Waals surface area (Å²) in [5.41, 5.74) is 1.78. The molecule has 2 aromatic rings. The van der Waals surface area contributed by atoms with E-state index in [-0.39, 0.29) is 5.91 Å². The summed E-state index contributed by atoms with van der Waals surface area (Å²) in [6, 6.07) is 10.1. The van der Waals surface area contributed by atoms with Crippen molar-refractivity contribution >= 4 is 11.6 Å². The van der Waals surface area contributed by atoms with Crippen molar-refractivity contribution in [3.05, 3.63) is 54.1 Å². The maximum absolute atomic E-state index is 13.1. The molecular formula is C14H11F2NO. The zero-order valence-electron chi connectivity index (χ0n) is 9.71. The zero-order valence-corrected chi connectivity index (χ0v) is 9.71. The van der Waals surface area contributed by atoms with Gasteiger partial charge in [0.2, 0.25) is 5.91 Å². The number of hydrogen-bond acceptors (Lipinski definition) is 1. The van der Waals surface area contributed by atoms with E-state index in [1.165, 1.54) is 19.1 Å². The average Bonchev–Trinajstić information content (AvgIpc) is 2.27. The van der Waals surface area contributed by atoms with Gasteiger partial charge >= 0.3 is 0 Å². The first-order valence-electron chi connectivity index (χ1n) is 5.39. The molecule has 0 saturated heterocycles. The Morgan fingerprint density at radius 3 is 2.00 bits per heavy atom. The second-order valence-electron chi connectivity index (χ2n) is 3.92. The smallest absolute Gasteiger partial charge is 0.221 e. The summed E-state index contributed by atoms with van der Waals surface area (Å²) in [6.45, 7) is 1.41. The number of anilines is 1. The predicted octanol–water partition coefficient (Wildman–Crippen LogP) is 3.59. The zero-order chi connectivity index (χ0) is 13.1. The number of nitrogens with one attached hydrogen (secondary N) is 1. The molecule has 4 heteroatoms. The molecule has 0 fully saturated rings. The van der Waals surface area contributed by atoms with Gasteiger partial charge in [0.25, 0.3) is 0 Å². The van der Waals surface area contributed by atoms with E-state index in [0.717, 1.165) is 6.07 Å². The first-order chi connectivity index (χ1) is 8.54. The Bertz CT molecular complexity index is 559. The average molecular weight is 247 g/mol. The molecule has 18 heavy (non-hydrogen) atoms. The number of rotatable bonds is 2. The van der Waals surface area contributed by atoms with E-state index in [9.17, 15) is 13.6 Å². The van der Waals surface area contributed by atoms with E-state index in [0.29, 0.717) is 16.8 Å². The van der Waals surface area contributed by atoms with Crippen molar-refractivity contribution in [1.29, 1.82) is 0 Å². The molecule has 0 aromatic heterocycles. The van der Waals surface area contributed by atoms with Crippen LogP contribution in [0.25, 0.3) is 11.1 Å². The summed E-state index contributed by atoms with van der Waals surface area (Å²) in [5.74, 6) is -1.40. The highest BCUT2D eigenvalue weighted by atomic mass is 19.1. The molecule has 0 unspecified atom stereocenters. The molecular weight excluding hydrogens is 236 g/mol. The number of benzene rings is 2. The second-order valence-corrected chi connectivity index (χ2v) is 3.92. The number of hydrogen-bond donors (Lipinski definition) is 1. The Morgan fingerprint density at radius 2 is 1.50 bits per heavy atom. The van der Waals surface area contributed by atoms with Gasteiger partial charge < -0.3 is 5.32 Å². The largest absolute Gasteiger partial charge is 0.326 e. The van der Waals surface area contributed by atoms with Crippen LogP contribution in [0, 0.1) is 11.6 Å². The van der Waals surface area contributed by atoms with Gasteiger partial charge in [-0.15, -0.1) is 0 Å². The molecule has 0 spiro atoms. The first kappa shape index (κ1) is 12.2. The third-order valence-electron chi connectivity index (χ3n) is 2.40. The summed E-state index contributed by atoms with van der Waals surface area (Å²) >= 11 is 0. The van der Waals surface area contributed by atoms with Gasteiger partial charge in [0.1, 0.15) is 11.6 Å². The van der Waals surface area contributed by atoms with Gasteiger partial charge in [0.15, 0.2) is 0 Å². The summed E-state index contributed by atoms with van der Waals surface area (Å²) in [6.07, 6.45) is 0. The SMILES string of the molecule is CC(=O)Nc1ccc(-c2cc(F)cc(F)c2)cc1. The highest BCUT2D eigenvalue weighted by Gasteiger charge is 2.03. The molecule has 0 bridgehead atoms. The van der Waals surface area contributed by atoms with Crippen molar-refractivity contribution in [2.45, 2.75) is 6.92 Å². The minimum absolute atomic E-state index is 0.167. The van der Waals surface area contributed by atoms with E-state index < -0.39 is 11.6 Å². The van der Waals surface area contributed by atoms with Gasteiger partial charge in [0, 0.05) is 18.7 Å². The van der Waals surface area contributed by atoms with Gasteiger partial charge in [-0.1, -0.05) is 12.1 Å². The van der Waals surface area contributed by atoms with Gasteiger partial charge in [-0.25, -0.2) is 8.78 Å². The maximum Gasteiger partial charge on any atom is 0.221 e. The summed E-state index contributed by atoms with van der Waals surface area (Å²) < 4.78 is 26.1. The molecule has 0 aliphatic heterocycles. The quantitative estimate of drug-likeness (QED) is 0.863. The van der Waals surface area contributed by atoms with E-state index in [1.807, 2.05) is 0 Å². The van der Waals surface area contributed by atoms with Crippen molar-refractivity contribution in [3.63, 3.8) is 0 Å². The third kappa shape index (κ3) is 2.91. The van der Waals surface area contributed by atoms with E-state index in [1.54, 1.807) is 24.3 Å². The van der Waals surface area contributed by atoms with E-state index in [2.05, 4.69) is 5.32 Å². The number of amides is 1. The van der Waals surface area contributed by atoms with Crippen molar-refractivity contribution in [2.24, 2.45) is 0 Å². The minimum atomic E-state index is -0.615. The molecule has 0 radical (unpaired) electrons. The lowest BCUT2D eigenvalue weighted by Crippen LogP contribution is -2.05. The van der Waals surface area contributed by atoms with Crippen molar-refractivity contribution in [2.75, 3.05) is 5.32 Å². The maximum atomic E-state index is 13.1. The Labute approximate surface area is 103 Å². The molecule has 0 aliphatic rings. The van der Waals surface area contributed by atoms with Crippen molar-refractivity contribution < 1.29 is 13.6 Å². The van der Waals surface area contributed by atoms with Crippen LogP contribution in [0.4, 0.5) is 14.5 Å². The Balaban J connectivity index is 2.31. The van der Waals surface area contributed by atoms with Gasteiger partial charge in [-0.05, 0) is 35.4 Å². The van der Waals surface area contributed by atoms with Crippen LogP contribution in [0.5, 0.6) is 0 Å². The molecule has 1 amide bonds. The van der Waals surface area contributed by atoms with Crippen LogP contribution in [0.2, 0.25) is 0 Å². The summed E-state index contributed by atoms with van der Waals surface area (Å²) in [7, 11) is 0. The molecule has 92 valence electrons. The van der Waals surface area contributed by atoms with Crippen LogP contribution in [-0.2, 0) is 4.79 Å². The molecule has 1 N–H and O–H groups in total. The Morgan fingerprint density at radius 1 is 0.944 bits per heavy atom. The van der Waals surface area contributed by atoms with Crippen LogP contribution in [-0.4, -0.2) is 5.91 Å². The fourth-order valence-corrected chi connectivity index (χ4v) is 1.67. The van der Waals surface area contributed by atoms with Crippen molar-refractivity contribution in [1.82, 2.24) is 0 Å². The standard InChI is InChI=1S/C14H11F2NO/c1-9(18)17-14-4-2-10(3-5-14)11-6-12(15)8-13(16)7-11/h2-8H,1H3,(H,17,18). The summed E-state index contributed by atoms with van der Waals surface area (Å²) in [5, 5.41) is 2.62. The molecule has 2 nitrogen and oxygen atoms in total. The van der Waals surface area contributed by atoms with Gasteiger partial charge in [0.05, 0.1) is 0 Å². The summed E-state index contributed by atoms with van der Waals surface area (Å²) in [4.78, 5) is 10.8. The fraction of sp³-hybridized carbons (Fsp3) is 0.0714. The van der Waals surface area contributed by atoms with Crippen LogP contribution in [0.15, 0.2) is 42.5 Å². The third-order valence-corrected chi connectivity index (χ3v) is 2.40. The lowest BCUT2D eigenvalue weighted by molar-refractivity contribution is -0.114. The lowest BCUT2D eigenvalue weighted by atomic mass is 10.1. The topological polar surface area (TPSA) is 29.1 Å². The Hall–Kier alpha value is -2.23. The molecule has 0 saturated carbocycles. The second kappa shape index (κ2) is 4.96. The van der Waals surface area contributed by atoms with Crippen LogP contribution >= 0.6 is 0 Å². The monoisotopic (exact) mass is 247 g/mol. The van der Waals surface area contributed by atoms with Gasteiger partial charge in [-0.3, -0.25) is 4.79 Å². The minimum Gasteiger partial charge on any atom is -0.326 e. The fourth-order valence-electron chi connectivity index (χ4n) is 1.67. The predicted molar refractivity (Wildman–Crippen MR) is 66.1 cm³/mol. The first-order valence-corrected chi connectivity index (χ1v) is 5.39. The number of halogens is 2. The normalized spacial score (nSPS) is 10.2.